The second kappa shape index (κ2) is 11.5. The number of amides is 1. The van der Waals surface area contributed by atoms with Crippen LogP contribution >= 0.6 is 0 Å². The molecule has 0 unspecified atom stereocenters. The predicted octanol–water partition coefficient (Wildman–Crippen LogP) is 4.02. The first kappa shape index (κ1) is 26.4. The summed E-state index contributed by atoms with van der Waals surface area (Å²) in [4.78, 5) is 18.4. The van der Waals surface area contributed by atoms with Crippen LogP contribution in [0.5, 0.6) is 17.2 Å². The lowest BCUT2D eigenvalue weighted by Gasteiger charge is -2.32. The van der Waals surface area contributed by atoms with E-state index < -0.39 is 9.84 Å². The van der Waals surface area contributed by atoms with Gasteiger partial charge in [0, 0.05) is 50.5 Å². The first-order valence-electron chi connectivity index (χ1n) is 11.5. The van der Waals surface area contributed by atoms with Gasteiger partial charge in [0.2, 0.25) is 5.75 Å². The standard InChI is InChI=1S/C24H33N3O7S/c1-6-32-22-20(34-17-10-13-27(14-11-17)24(28)33-16(2)3)9-12-25-23(22)26-19-8-7-18(35(5,29)30)15-21(19)31-4/h7-9,12,15-17H,6,10-11,13-14H2,1-5H3,(H,25,26). The van der Waals surface area contributed by atoms with Crippen molar-refractivity contribution >= 4 is 27.4 Å². The van der Waals surface area contributed by atoms with Crippen LogP contribution in [0.2, 0.25) is 0 Å². The minimum Gasteiger partial charge on any atom is -0.495 e. The number of aromatic nitrogens is 1. The maximum Gasteiger partial charge on any atom is 0.410 e. The quantitative estimate of drug-likeness (QED) is 0.537. The van der Waals surface area contributed by atoms with Gasteiger partial charge >= 0.3 is 6.09 Å². The number of likely N-dealkylation sites (tertiary alicyclic amines) is 1. The lowest BCUT2D eigenvalue weighted by atomic mass is 10.1. The van der Waals surface area contributed by atoms with E-state index >= 15 is 0 Å². The second-order valence-electron chi connectivity index (χ2n) is 8.42. The summed E-state index contributed by atoms with van der Waals surface area (Å²) in [7, 11) is -1.92. The zero-order valence-electron chi connectivity index (χ0n) is 20.7. The van der Waals surface area contributed by atoms with E-state index in [0.717, 1.165) is 6.26 Å². The number of carbonyl (C=O) groups excluding carboxylic acids is 1. The highest BCUT2D eigenvalue weighted by Gasteiger charge is 2.27. The molecule has 1 saturated heterocycles. The molecular formula is C24H33N3O7S. The zero-order valence-corrected chi connectivity index (χ0v) is 21.6. The smallest absolute Gasteiger partial charge is 0.410 e. The van der Waals surface area contributed by atoms with E-state index in [2.05, 4.69) is 10.3 Å². The lowest BCUT2D eigenvalue weighted by molar-refractivity contribution is 0.0509. The highest BCUT2D eigenvalue weighted by molar-refractivity contribution is 7.90. The summed E-state index contributed by atoms with van der Waals surface area (Å²) in [6.45, 7) is 6.99. The molecule has 1 aliphatic rings. The van der Waals surface area contributed by atoms with Crippen molar-refractivity contribution in [2.45, 2.75) is 50.7 Å². The summed E-state index contributed by atoms with van der Waals surface area (Å²) >= 11 is 0. The van der Waals surface area contributed by atoms with Crippen molar-refractivity contribution in [3.8, 4) is 17.2 Å². The minimum absolute atomic E-state index is 0.101. The Balaban J connectivity index is 1.77. The Morgan fingerprint density at radius 2 is 1.91 bits per heavy atom. The number of nitrogens with one attached hydrogen (secondary N) is 1. The average Bonchev–Trinajstić information content (AvgIpc) is 2.80. The molecule has 1 aromatic carbocycles. The summed E-state index contributed by atoms with van der Waals surface area (Å²) in [5, 5.41) is 3.17. The maximum absolute atomic E-state index is 12.1. The third-order valence-electron chi connectivity index (χ3n) is 5.34. The van der Waals surface area contributed by atoms with Crippen LogP contribution in [-0.2, 0) is 14.6 Å². The SMILES string of the molecule is CCOc1c(OC2CCN(C(=O)OC(C)C)CC2)ccnc1Nc1ccc(S(C)(=O)=O)cc1OC. The van der Waals surface area contributed by atoms with Crippen molar-refractivity contribution in [1.82, 2.24) is 9.88 Å². The molecule has 2 aromatic rings. The van der Waals surface area contributed by atoms with Crippen LogP contribution in [0.15, 0.2) is 35.4 Å². The Hall–Kier alpha value is -3.21. The molecule has 1 fully saturated rings. The molecule has 3 rings (SSSR count). The molecule has 0 saturated carbocycles. The summed E-state index contributed by atoms with van der Waals surface area (Å²) < 4.78 is 46.6. The number of pyridine rings is 1. The van der Waals surface area contributed by atoms with Crippen molar-refractivity contribution < 1.29 is 32.2 Å². The molecule has 1 N–H and O–H groups in total. The number of benzene rings is 1. The van der Waals surface area contributed by atoms with Gasteiger partial charge in [-0.25, -0.2) is 18.2 Å². The summed E-state index contributed by atoms with van der Waals surface area (Å²) in [5.41, 5.74) is 0.530. The van der Waals surface area contributed by atoms with Crippen molar-refractivity contribution in [2.24, 2.45) is 0 Å². The highest BCUT2D eigenvalue weighted by Crippen LogP contribution is 2.39. The molecule has 1 aromatic heterocycles. The number of hydrogen-bond donors (Lipinski definition) is 1. The van der Waals surface area contributed by atoms with Crippen molar-refractivity contribution in [2.75, 3.05) is 38.4 Å². The number of piperidine rings is 1. The van der Waals surface area contributed by atoms with Crippen LogP contribution < -0.4 is 19.5 Å². The molecule has 35 heavy (non-hydrogen) atoms. The number of rotatable bonds is 9. The van der Waals surface area contributed by atoms with Gasteiger partial charge in [0.1, 0.15) is 11.9 Å². The Labute approximate surface area is 206 Å². The van der Waals surface area contributed by atoms with Gasteiger partial charge in [0.25, 0.3) is 0 Å². The van der Waals surface area contributed by atoms with Gasteiger partial charge in [-0.1, -0.05) is 0 Å². The Kier molecular flexibility index (Phi) is 8.66. The fourth-order valence-electron chi connectivity index (χ4n) is 3.64. The molecule has 10 nitrogen and oxygen atoms in total. The highest BCUT2D eigenvalue weighted by atomic mass is 32.2. The number of nitrogens with zero attached hydrogens (tertiary/aromatic N) is 2. The van der Waals surface area contributed by atoms with E-state index in [1.165, 1.54) is 19.2 Å². The molecule has 11 heteroatoms. The number of carbonyl (C=O) groups is 1. The van der Waals surface area contributed by atoms with E-state index in [9.17, 15) is 13.2 Å². The molecule has 0 atom stereocenters. The van der Waals surface area contributed by atoms with Gasteiger partial charge < -0.3 is 29.2 Å². The number of anilines is 2. The van der Waals surface area contributed by atoms with Crippen molar-refractivity contribution in [1.29, 1.82) is 0 Å². The Morgan fingerprint density at radius 3 is 2.51 bits per heavy atom. The topological polar surface area (TPSA) is 116 Å². The van der Waals surface area contributed by atoms with Crippen LogP contribution in [0.1, 0.15) is 33.6 Å². The van der Waals surface area contributed by atoms with Crippen LogP contribution in [0, 0.1) is 0 Å². The molecule has 0 radical (unpaired) electrons. The fraction of sp³-hybridized carbons (Fsp3) is 0.500. The third kappa shape index (κ3) is 6.91. The maximum atomic E-state index is 12.1. The van der Waals surface area contributed by atoms with Crippen molar-refractivity contribution in [3.05, 3.63) is 30.5 Å². The largest absolute Gasteiger partial charge is 0.495 e. The third-order valence-corrected chi connectivity index (χ3v) is 6.45. The van der Waals surface area contributed by atoms with E-state index in [4.69, 9.17) is 18.9 Å². The van der Waals surface area contributed by atoms with Gasteiger partial charge in [-0.2, -0.15) is 0 Å². The van der Waals surface area contributed by atoms with Crippen molar-refractivity contribution in [3.63, 3.8) is 0 Å². The monoisotopic (exact) mass is 507 g/mol. The Bertz CT molecular complexity index is 1130. The van der Waals surface area contributed by atoms with E-state index in [-0.39, 0.29) is 23.2 Å². The van der Waals surface area contributed by atoms with Crippen LogP contribution in [0.3, 0.4) is 0 Å². The van der Waals surface area contributed by atoms with E-state index in [1.807, 2.05) is 20.8 Å². The molecule has 192 valence electrons. The van der Waals surface area contributed by atoms with Gasteiger partial charge in [-0.3, -0.25) is 0 Å². The van der Waals surface area contributed by atoms with Gasteiger partial charge in [-0.15, -0.1) is 0 Å². The number of hydrogen-bond acceptors (Lipinski definition) is 9. The molecular weight excluding hydrogens is 474 g/mol. The molecule has 0 spiro atoms. The van der Waals surface area contributed by atoms with E-state index in [1.54, 1.807) is 23.2 Å². The lowest BCUT2D eigenvalue weighted by Crippen LogP contribution is -2.42. The summed E-state index contributed by atoms with van der Waals surface area (Å²) in [6.07, 6.45) is 3.49. The van der Waals surface area contributed by atoms with Gasteiger partial charge in [0.05, 0.1) is 30.4 Å². The minimum atomic E-state index is -3.38. The second-order valence-corrected chi connectivity index (χ2v) is 10.4. The molecule has 2 heterocycles. The molecule has 0 bridgehead atoms. The first-order valence-corrected chi connectivity index (χ1v) is 13.4. The van der Waals surface area contributed by atoms with Crippen LogP contribution in [0.4, 0.5) is 16.3 Å². The van der Waals surface area contributed by atoms with Crippen LogP contribution in [0.25, 0.3) is 0 Å². The van der Waals surface area contributed by atoms with Crippen LogP contribution in [-0.4, -0.2) is 69.7 Å². The van der Waals surface area contributed by atoms with Gasteiger partial charge in [-0.05, 0) is 32.9 Å². The average molecular weight is 508 g/mol. The molecule has 0 aliphatic carbocycles. The first-order chi connectivity index (χ1) is 16.6. The predicted molar refractivity (Wildman–Crippen MR) is 132 cm³/mol. The Morgan fingerprint density at radius 1 is 1.20 bits per heavy atom. The fourth-order valence-corrected chi connectivity index (χ4v) is 4.28. The summed E-state index contributed by atoms with van der Waals surface area (Å²) in [5.74, 6) is 1.72. The van der Waals surface area contributed by atoms with Gasteiger partial charge in [0.15, 0.2) is 21.4 Å². The number of methoxy groups -OCH3 is 1. The summed E-state index contributed by atoms with van der Waals surface area (Å²) in [6, 6.07) is 6.31. The molecule has 1 aliphatic heterocycles. The van der Waals surface area contributed by atoms with E-state index in [0.29, 0.717) is 61.3 Å². The normalized spacial score (nSPS) is 14.5. The number of ether oxygens (including phenoxy) is 4. The number of sulfone groups is 1. The molecule has 1 amide bonds. The zero-order chi connectivity index (χ0) is 25.6.